The lowest BCUT2D eigenvalue weighted by atomic mass is 9.96. The van der Waals surface area contributed by atoms with Gasteiger partial charge in [-0.1, -0.05) is 96.0 Å². The van der Waals surface area contributed by atoms with Crippen molar-refractivity contribution in [2.75, 3.05) is 31.5 Å². The molecule has 2 N–H and O–H groups in total. The van der Waals surface area contributed by atoms with Crippen LogP contribution in [-0.4, -0.2) is 52.9 Å². The Labute approximate surface area is 254 Å². The summed E-state index contributed by atoms with van der Waals surface area (Å²) in [7, 11) is 0. The van der Waals surface area contributed by atoms with Gasteiger partial charge in [-0.15, -0.1) is 0 Å². The maximum Gasteiger partial charge on any atom is 0.258 e. The van der Waals surface area contributed by atoms with Crippen molar-refractivity contribution in [2.45, 2.75) is 6.04 Å². The van der Waals surface area contributed by atoms with Gasteiger partial charge in [-0.05, 0) is 53.7 Å². The predicted molar refractivity (Wildman–Crippen MR) is 169 cm³/mol. The van der Waals surface area contributed by atoms with E-state index in [1.54, 1.807) is 18.2 Å². The number of para-hydroxylation sites is 1. The second-order valence-corrected chi connectivity index (χ2v) is 10.9. The Balaban J connectivity index is 1.25. The Morgan fingerprint density at radius 3 is 1.93 bits per heavy atom. The van der Waals surface area contributed by atoms with E-state index in [2.05, 4.69) is 64.1 Å². The van der Waals surface area contributed by atoms with Gasteiger partial charge in [-0.2, -0.15) is 0 Å². The number of halogens is 2. The Hall–Kier alpha value is -3.75. The minimum atomic E-state index is -0.476. The molecular formula is C32H28Cl2N4O2S. The van der Waals surface area contributed by atoms with E-state index < -0.39 is 5.91 Å². The number of nitrogens with one attached hydrogen (secondary N) is 2. The number of carbonyl (C=O) groups excluding carboxylic acids is 2. The van der Waals surface area contributed by atoms with Crippen LogP contribution in [0.1, 0.15) is 37.9 Å². The summed E-state index contributed by atoms with van der Waals surface area (Å²) in [4.78, 5) is 30.6. The molecule has 0 bridgehead atoms. The molecule has 6 nitrogen and oxygen atoms in total. The van der Waals surface area contributed by atoms with Crippen LogP contribution >= 0.6 is 35.4 Å². The topological polar surface area (TPSA) is 64.7 Å². The van der Waals surface area contributed by atoms with E-state index in [1.807, 2.05) is 29.2 Å². The molecule has 0 unspecified atom stereocenters. The Kier molecular flexibility index (Phi) is 9.31. The number of anilines is 1. The van der Waals surface area contributed by atoms with Crippen LogP contribution in [0.15, 0.2) is 103 Å². The van der Waals surface area contributed by atoms with Gasteiger partial charge in [0.1, 0.15) is 0 Å². The Morgan fingerprint density at radius 2 is 1.32 bits per heavy atom. The third kappa shape index (κ3) is 6.94. The molecule has 2 amide bonds. The van der Waals surface area contributed by atoms with E-state index in [4.69, 9.17) is 35.4 Å². The van der Waals surface area contributed by atoms with Crippen LogP contribution in [0.3, 0.4) is 0 Å². The van der Waals surface area contributed by atoms with Crippen molar-refractivity contribution in [1.82, 2.24) is 15.1 Å². The molecule has 0 aliphatic carbocycles. The van der Waals surface area contributed by atoms with Crippen molar-refractivity contribution < 1.29 is 9.59 Å². The molecule has 4 aromatic rings. The summed E-state index contributed by atoms with van der Waals surface area (Å²) < 4.78 is 0. The molecule has 1 fully saturated rings. The predicted octanol–water partition coefficient (Wildman–Crippen LogP) is 6.67. The molecule has 1 saturated heterocycles. The van der Waals surface area contributed by atoms with E-state index in [0.717, 1.165) is 13.1 Å². The monoisotopic (exact) mass is 602 g/mol. The number of nitrogens with zero attached hydrogens (tertiary/aromatic N) is 2. The zero-order valence-corrected chi connectivity index (χ0v) is 24.4. The van der Waals surface area contributed by atoms with E-state index in [-0.39, 0.29) is 27.6 Å². The molecule has 4 aromatic carbocycles. The van der Waals surface area contributed by atoms with Gasteiger partial charge in [-0.25, -0.2) is 0 Å². The maximum atomic E-state index is 13.6. The molecule has 208 valence electrons. The molecule has 0 spiro atoms. The summed E-state index contributed by atoms with van der Waals surface area (Å²) in [6.07, 6.45) is 0. The molecule has 1 aliphatic heterocycles. The quantitative estimate of drug-likeness (QED) is 0.241. The van der Waals surface area contributed by atoms with Crippen LogP contribution in [0, 0.1) is 0 Å². The summed E-state index contributed by atoms with van der Waals surface area (Å²) in [5.41, 5.74) is 3.68. The SMILES string of the molecule is O=C(NC(=S)Nc1ccccc1C(=O)N1CCN(C(c2ccccc2)c2ccccc2)CC1)c1ccc(Cl)cc1Cl. The van der Waals surface area contributed by atoms with Gasteiger partial charge in [-0.3, -0.25) is 19.8 Å². The van der Waals surface area contributed by atoms with E-state index in [0.29, 0.717) is 29.4 Å². The van der Waals surface area contributed by atoms with Crippen LogP contribution in [0.5, 0.6) is 0 Å². The molecule has 41 heavy (non-hydrogen) atoms. The Morgan fingerprint density at radius 1 is 0.732 bits per heavy atom. The first-order chi connectivity index (χ1) is 19.9. The maximum absolute atomic E-state index is 13.6. The zero-order chi connectivity index (χ0) is 28.8. The number of carbonyl (C=O) groups is 2. The van der Waals surface area contributed by atoms with Gasteiger partial charge in [0.15, 0.2) is 5.11 Å². The third-order valence-electron chi connectivity index (χ3n) is 7.01. The number of hydrogen-bond donors (Lipinski definition) is 2. The second-order valence-electron chi connectivity index (χ2n) is 9.63. The smallest absolute Gasteiger partial charge is 0.258 e. The van der Waals surface area contributed by atoms with Crippen molar-refractivity contribution in [2.24, 2.45) is 0 Å². The van der Waals surface area contributed by atoms with Crippen molar-refractivity contribution in [3.05, 3.63) is 135 Å². The summed E-state index contributed by atoms with van der Waals surface area (Å²) in [5.74, 6) is -0.575. The molecule has 1 heterocycles. The first-order valence-electron chi connectivity index (χ1n) is 13.2. The largest absolute Gasteiger partial charge is 0.336 e. The average molecular weight is 604 g/mol. The highest BCUT2D eigenvalue weighted by atomic mass is 35.5. The highest BCUT2D eigenvalue weighted by Crippen LogP contribution is 2.30. The lowest BCUT2D eigenvalue weighted by Gasteiger charge is -2.40. The number of piperazine rings is 1. The van der Waals surface area contributed by atoms with Gasteiger partial charge < -0.3 is 10.2 Å². The summed E-state index contributed by atoms with van der Waals surface area (Å²) in [6.45, 7) is 2.62. The van der Waals surface area contributed by atoms with Gasteiger partial charge >= 0.3 is 0 Å². The summed E-state index contributed by atoms with van der Waals surface area (Å²) in [5, 5.41) is 6.33. The van der Waals surface area contributed by atoms with Gasteiger partial charge in [0.25, 0.3) is 11.8 Å². The summed E-state index contributed by atoms with van der Waals surface area (Å²) in [6, 6.07) is 32.7. The van der Waals surface area contributed by atoms with Crippen LogP contribution in [0.2, 0.25) is 10.0 Å². The first-order valence-corrected chi connectivity index (χ1v) is 14.4. The van der Waals surface area contributed by atoms with E-state index in [1.165, 1.54) is 23.3 Å². The molecule has 0 saturated carbocycles. The normalized spacial score (nSPS) is 13.6. The summed E-state index contributed by atoms with van der Waals surface area (Å²) >= 11 is 17.5. The average Bonchev–Trinajstić information content (AvgIpc) is 2.98. The van der Waals surface area contributed by atoms with Crippen molar-refractivity contribution >= 4 is 58.0 Å². The lowest BCUT2D eigenvalue weighted by Crippen LogP contribution is -2.50. The lowest BCUT2D eigenvalue weighted by molar-refractivity contribution is 0.0598. The number of amides is 2. The zero-order valence-electron chi connectivity index (χ0n) is 22.1. The van der Waals surface area contributed by atoms with Crippen LogP contribution in [0.25, 0.3) is 0 Å². The fraction of sp³-hybridized carbons (Fsp3) is 0.156. The molecule has 5 rings (SSSR count). The Bertz CT molecular complexity index is 1500. The highest BCUT2D eigenvalue weighted by molar-refractivity contribution is 7.80. The van der Waals surface area contributed by atoms with E-state index >= 15 is 0 Å². The second kappa shape index (κ2) is 13.3. The standard InChI is InChI=1S/C32H28Cl2N4O2S/c33-24-15-16-25(27(34)21-24)30(39)36-32(41)35-28-14-8-7-13-26(28)31(40)38-19-17-37(18-20-38)29(22-9-3-1-4-10-22)23-11-5-2-6-12-23/h1-16,21,29H,17-20H2,(H2,35,36,39,41). The van der Waals surface area contributed by atoms with Crippen molar-refractivity contribution in [3.8, 4) is 0 Å². The third-order valence-corrected chi connectivity index (χ3v) is 7.76. The van der Waals surface area contributed by atoms with E-state index in [9.17, 15) is 9.59 Å². The van der Waals surface area contributed by atoms with Gasteiger partial charge in [0.2, 0.25) is 0 Å². The molecule has 0 aromatic heterocycles. The minimum absolute atomic E-state index is 0.0552. The highest BCUT2D eigenvalue weighted by Gasteiger charge is 2.29. The molecular weight excluding hydrogens is 575 g/mol. The first kappa shape index (κ1) is 28.8. The molecule has 0 radical (unpaired) electrons. The number of rotatable bonds is 6. The number of hydrogen-bond acceptors (Lipinski definition) is 4. The minimum Gasteiger partial charge on any atom is -0.336 e. The van der Waals surface area contributed by atoms with Crippen LogP contribution in [0.4, 0.5) is 5.69 Å². The van der Waals surface area contributed by atoms with Gasteiger partial charge in [0, 0.05) is 31.2 Å². The van der Waals surface area contributed by atoms with Crippen LogP contribution in [-0.2, 0) is 0 Å². The number of benzene rings is 4. The number of thiocarbonyl (C=S) groups is 1. The van der Waals surface area contributed by atoms with Gasteiger partial charge in [0.05, 0.1) is 27.9 Å². The van der Waals surface area contributed by atoms with Crippen molar-refractivity contribution in [3.63, 3.8) is 0 Å². The molecule has 0 atom stereocenters. The molecule has 1 aliphatic rings. The van der Waals surface area contributed by atoms with Crippen LogP contribution < -0.4 is 10.6 Å². The fourth-order valence-electron chi connectivity index (χ4n) is 5.01. The molecule has 9 heteroatoms. The van der Waals surface area contributed by atoms with Crippen molar-refractivity contribution in [1.29, 1.82) is 0 Å². The fourth-order valence-corrected chi connectivity index (χ4v) is 5.71.